The predicted octanol–water partition coefficient (Wildman–Crippen LogP) is 4.58. The van der Waals surface area contributed by atoms with Crippen LogP contribution in [0, 0.1) is 11.3 Å². The van der Waals surface area contributed by atoms with Crippen molar-refractivity contribution in [1.82, 2.24) is 4.90 Å². The maximum absolute atomic E-state index is 12.8. The average Bonchev–Trinajstić information content (AvgIpc) is 2.67. The van der Waals surface area contributed by atoms with E-state index in [0.29, 0.717) is 15.5 Å². The van der Waals surface area contributed by atoms with Gasteiger partial charge >= 0.3 is 6.09 Å². The minimum absolute atomic E-state index is 0.386. The number of nitriles is 1. The van der Waals surface area contributed by atoms with Gasteiger partial charge in [-0.2, -0.15) is 5.26 Å². The number of benzene rings is 2. The van der Waals surface area contributed by atoms with Crippen LogP contribution in [0.2, 0.25) is 0 Å². The standard InChI is InChI=1S/C19H14N2O2S2/c1-25-17(24)19(13-20)16-10-6-5-7-14(16)11-12-21(19)18(22)23-15-8-3-2-4-9-15/h2-12H,1H3/t19-/m0/s1. The lowest BCUT2D eigenvalue weighted by Gasteiger charge is -2.39. The highest BCUT2D eigenvalue weighted by Gasteiger charge is 2.48. The number of nitrogens with zero attached hydrogens (tertiary/aromatic N) is 2. The zero-order valence-corrected chi connectivity index (χ0v) is 15.0. The van der Waals surface area contributed by atoms with Crippen molar-refractivity contribution in [3.05, 3.63) is 71.9 Å². The average molecular weight is 366 g/mol. The SMILES string of the molecule is CSC(=S)[C@]1(C#N)c2ccccc2C=CN1C(=O)Oc1ccccc1. The molecule has 0 unspecified atom stereocenters. The molecule has 0 radical (unpaired) electrons. The summed E-state index contributed by atoms with van der Waals surface area (Å²) in [4.78, 5) is 14.1. The van der Waals surface area contributed by atoms with Crippen LogP contribution in [-0.4, -0.2) is 21.4 Å². The molecule has 1 atom stereocenters. The van der Waals surface area contributed by atoms with Crippen molar-refractivity contribution >= 4 is 40.3 Å². The fourth-order valence-corrected chi connectivity index (χ4v) is 3.52. The van der Waals surface area contributed by atoms with Crippen molar-refractivity contribution in [2.75, 3.05) is 6.26 Å². The topological polar surface area (TPSA) is 53.3 Å². The zero-order valence-electron chi connectivity index (χ0n) is 13.4. The van der Waals surface area contributed by atoms with E-state index in [4.69, 9.17) is 17.0 Å². The molecule has 1 aliphatic heterocycles. The molecule has 3 rings (SSSR count). The second kappa shape index (κ2) is 7.09. The molecule has 1 amide bonds. The van der Waals surface area contributed by atoms with Gasteiger partial charge in [-0.25, -0.2) is 4.79 Å². The van der Waals surface area contributed by atoms with Crippen molar-refractivity contribution in [1.29, 1.82) is 5.26 Å². The van der Waals surface area contributed by atoms with Gasteiger partial charge in [0, 0.05) is 11.8 Å². The minimum atomic E-state index is -1.40. The quantitative estimate of drug-likeness (QED) is 0.728. The van der Waals surface area contributed by atoms with Gasteiger partial charge in [0.05, 0.1) is 4.20 Å². The van der Waals surface area contributed by atoms with Crippen molar-refractivity contribution in [2.45, 2.75) is 5.54 Å². The molecule has 25 heavy (non-hydrogen) atoms. The number of hydrogen-bond donors (Lipinski definition) is 0. The molecule has 0 spiro atoms. The third kappa shape index (κ3) is 2.93. The molecule has 0 saturated carbocycles. The second-order valence-corrected chi connectivity index (χ2v) is 6.75. The number of fused-ring (bicyclic) bond motifs is 1. The smallest absolute Gasteiger partial charge is 0.410 e. The van der Waals surface area contributed by atoms with Gasteiger partial charge in [0.15, 0.2) is 0 Å². The summed E-state index contributed by atoms with van der Waals surface area (Å²) in [6, 6.07) is 18.4. The summed E-state index contributed by atoms with van der Waals surface area (Å²) in [7, 11) is 0. The summed E-state index contributed by atoms with van der Waals surface area (Å²) in [5, 5.41) is 10.0. The number of carbonyl (C=O) groups excluding carboxylic acids is 1. The van der Waals surface area contributed by atoms with Gasteiger partial charge < -0.3 is 4.74 Å². The van der Waals surface area contributed by atoms with Gasteiger partial charge in [-0.15, -0.1) is 11.8 Å². The minimum Gasteiger partial charge on any atom is -0.410 e. The molecule has 4 nitrogen and oxygen atoms in total. The summed E-state index contributed by atoms with van der Waals surface area (Å²) in [6.07, 6.45) is 4.47. The first-order valence-electron chi connectivity index (χ1n) is 7.47. The highest BCUT2D eigenvalue weighted by Crippen LogP contribution is 2.40. The van der Waals surface area contributed by atoms with Crippen LogP contribution in [0.25, 0.3) is 6.08 Å². The highest BCUT2D eigenvalue weighted by atomic mass is 32.2. The molecule has 0 N–H and O–H groups in total. The zero-order chi connectivity index (χ0) is 17.9. The van der Waals surface area contributed by atoms with Crippen molar-refractivity contribution in [2.24, 2.45) is 0 Å². The molecule has 2 aromatic rings. The molecule has 0 bridgehead atoms. The van der Waals surface area contributed by atoms with Gasteiger partial charge in [0.25, 0.3) is 0 Å². The Kier molecular flexibility index (Phi) is 4.88. The Bertz CT molecular complexity index is 890. The fraction of sp³-hybridized carbons (Fsp3) is 0.105. The normalized spacial score (nSPS) is 18.2. The molecule has 1 heterocycles. The van der Waals surface area contributed by atoms with E-state index in [1.807, 2.05) is 30.3 Å². The highest BCUT2D eigenvalue weighted by molar-refractivity contribution is 8.22. The summed E-state index contributed by atoms with van der Waals surface area (Å²) in [5.41, 5.74) is 0.125. The number of rotatable bonds is 2. The third-order valence-corrected chi connectivity index (χ3v) is 5.36. The monoisotopic (exact) mass is 366 g/mol. The molecule has 0 aromatic heterocycles. The van der Waals surface area contributed by atoms with Crippen molar-refractivity contribution in [3.8, 4) is 11.8 Å². The van der Waals surface area contributed by atoms with E-state index in [1.165, 1.54) is 16.7 Å². The van der Waals surface area contributed by atoms with Crippen LogP contribution in [0.15, 0.2) is 60.8 Å². The van der Waals surface area contributed by atoms with E-state index in [0.717, 1.165) is 5.56 Å². The van der Waals surface area contributed by atoms with E-state index in [1.54, 1.807) is 42.8 Å². The number of carbonyl (C=O) groups is 1. The molecule has 1 aliphatic rings. The Morgan fingerprint density at radius 1 is 1.20 bits per heavy atom. The summed E-state index contributed by atoms with van der Waals surface area (Å²) in [5.74, 6) is 0.404. The lowest BCUT2D eigenvalue weighted by Crippen LogP contribution is -2.52. The van der Waals surface area contributed by atoms with Gasteiger partial charge in [-0.05, 0) is 30.0 Å². The van der Waals surface area contributed by atoms with E-state index in [-0.39, 0.29) is 0 Å². The number of hydrogen-bond acceptors (Lipinski definition) is 5. The van der Waals surface area contributed by atoms with Gasteiger partial charge in [-0.1, -0.05) is 54.7 Å². The molecule has 0 aliphatic carbocycles. The van der Waals surface area contributed by atoms with Crippen LogP contribution in [-0.2, 0) is 5.54 Å². The van der Waals surface area contributed by atoms with E-state index >= 15 is 0 Å². The number of thioether (sulfide) groups is 1. The first kappa shape index (κ1) is 17.2. The van der Waals surface area contributed by atoms with Crippen LogP contribution in [0.1, 0.15) is 11.1 Å². The first-order chi connectivity index (χ1) is 12.1. The van der Waals surface area contributed by atoms with Crippen LogP contribution >= 0.6 is 24.0 Å². The Hall–Kier alpha value is -2.62. The van der Waals surface area contributed by atoms with Gasteiger partial charge in [0.1, 0.15) is 11.8 Å². The lowest BCUT2D eigenvalue weighted by molar-refractivity contribution is 0.154. The largest absolute Gasteiger partial charge is 0.421 e. The van der Waals surface area contributed by atoms with Crippen LogP contribution in [0.3, 0.4) is 0 Å². The van der Waals surface area contributed by atoms with Gasteiger partial charge in [-0.3, -0.25) is 4.90 Å². The van der Waals surface area contributed by atoms with Crippen molar-refractivity contribution in [3.63, 3.8) is 0 Å². The number of amides is 1. The third-order valence-electron chi connectivity index (χ3n) is 3.90. The maximum Gasteiger partial charge on any atom is 0.421 e. The predicted molar refractivity (Wildman–Crippen MR) is 103 cm³/mol. The Morgan fingerprint density at radius 2 is 1.88 bits per heavy atom. The molecular weight excluding hydrogens is 352 g/mol. The Balaban J connectivity index is 2.08. The van der Waals surface area contributed by atoms with Crippen LogP contribution in [0.5, 0.6) is 5.75 Å². The molecule has 124 valence electrons. The van der Waals surface area contributed by atoms with Gasteiger partial charge in [0.2, 0.25) is 5.54 Å². The molecular formula is C19H14N2O2S2. The molecule has 0 fully saturated rings. The van der Waals surface area contributed by atoms with E-state index in [2.05, 4.69) is 6.07 Å². The number of ether oxygens (including phenoxy) is 1. The molecule has 2 aromatic carbocycles. The Morgan fingerprint density at radius 3 is 2.56 bits per heavy atom. The summed E-state index contributed by atoms with van der Waals surface area (Å²) in [6.45, 7) is 0. The summed E-state index contributed by atoms with van der Waals surface area (Å²) < 4.78 is 5.82. The summed E-state index contributed by atoms with van der Waals surface area (Å²) >= 11 is 6.75. The molecule has 6 heteroatoms. The van der Waals surface area contributed by atoms with Crippen LogP contribution in [0.4, 0.5) is 4.79 Å². The lowest BCUT2D eigenvalue weighted by atomic mass is 9.85. The molecule has 0 saturated heterocycles. The Labute approximate surface area is 155 Å². The second-order valence-electron chi connectivity index (χ2n) is 5.27. The van der Waals surface area contributed by atoms with Crippen LogP contribution < -0.4 is 4.74 Å². The maximum atomic E-state index is 12.8. The first-order valence-corrected chi connectivity index (χ1v) is 9.10. The van der Waals surface area contributed by atoms with E-state index < -0.39 is 11.6 Å². The number of para-hydroxylation sites is 1. The van der Waals surface area contributed by atoms with Crippen molar-refractivity contribution < 1.29 is 9.53 Å². The fourth-order valence-electron chi connectivity index (χ4n) is 2.72. The number of thiocarbonyl (C=S) groups is 1. The van der Waals surface area contributed by atoms with E-state index in [9.17, 15) is 10.1 Å².